The van der Waals surface area contributed by atoms with Crippen LogP contribution in [0.25, 0.3) is 22.2 Å². The maximum atomic E-state index is 13.0. The van der Waals surface area contributed by atoms with E-state index in [-0.39, 0.29) is 12.2 Å². The van der Waals surface area contributed by atoms with Crippen molar-refractivity contribution >= 4 is 16.9 Å². The van der Waals surface area contributed by atoms with Gasteiger partial charge in [0.25, 0.3) is 0 Å². The zero-order valence-electron chi connectivity index (χ0n) is 14.6. The van der Waals surface area contributed by atoms with Gasteiger partial charge in [0.05, 0.1) is 12.1 Å². The summed E-state index contributed by atoms with van der Waals surface area (Å²) in [5.74, 6) is -1.21. The Morgan fingerprint density at radius 3 is 2.27 bits per heavy atom. The highest BCUT2D eigenvalue weighted by atomic mass is 19.1. The Hall–Kier alpha value is -2.66. The van der Waals surface area contributed by atoms with Crippen LogP contribution in [0.2, 0.25) is 0 Å². The molecule has 0 saturated carbocycles. The molecule has 0 bridgehead atoms. The van der Waals surface area contributed by atoms with E-state index in [0.717, 1.165) is 27.7 Å². The Morgan fingerprint density at radius 2 is 1.69 bits per heavy atom. The van der Waals surface area contributed by atoms with Crippen molar-refractivity contribution in [3.63, 3.8) is 0 Å². The van der Waals surface area contributed by atoms with E-state index in [1.165, 1.54) is 44.5 Å². The standard InChI is InChI=1S/C16H12FNO2.C5H11N/c17-11-7-5-10(6-8-11)16-13(9-15(19)20)12-3-1-2-4-14(12)18-16;1-2-4-6-5-3-1/h1-8,18H,9H2,(H,19,20);6H,1-5H2. The minimum absolute atomic E-state index is 0.0727. The zero-order valence-corrected chi connectivity index (χ0v) is 14.6. The SMILES string of the molecule is C1CCNCC1.O=C(O)Cc1c(-c2ccc(F)cc2)[nH]c2ccccc12. The molecule has 0 amide bonds. The normalized spacial score (nSPS) is 13.9. The molecule has 0 unspecified atom stereocenters. The van der Waals surface area contributed by atoms with Gasteiger partial charge in [-0.25, -0.2) is 4.39 Å². The first-order valence-corrected chi connectivity index (χ1v) is 8.93. The Kier molecular flexibility index (Phi) is 6.02. The summed E-state index contributed by atoms with van der Waals surface area (Å²) in [6.07, 6.45) is 4.14. The molecule has 2 aromatic carbocycles. The molecule has 2 heterocycles. The number of nitrogens with one attached hydrogen (secondary N) is 2. The largest absolute Gasteiger partial charge is 0.481 e. The summed E-state index contributed by atoms with van der Waals surface area (Å²) < 4.78 is 13.0. The summed E-state index contributed by atoms with van der Waals surface area (Å²) in [7, 11) is 0. The molecule has 3 aromatic rings. The highest BCUT2D eigenvalue weighted by Crippen LogP contribution is 2.30. The second kappa shape index (κ2) is 8.63. The number of rotatable bonds is 3. The predicted octanol–water partition coefficient (Wildman–Crippen LogP) is 4.36. The minimum Gasteiger partial charge on any atom is -0.481 e. The van der Waals surface area contributed by atoms with Crippen molar-refractivity contribution < 1.29 is 14.3 Å². The molecule has 0 radical (unpaired) electrons. The average molecular weight is 354 g/mol. The quantitative estimate of drug-likeness (QED) is 0.655. The van der Waals surface area contributed by atoms with E-state index in [0.29, 0.717) is 0 Å². The van der Waals surface area contributed by atoms with Crippen molar-refractivity contribution in [3.05, 3.63) is 59.9 Å². The van der Waals surface area contributed by atoms with Gasteiger partial charge in [0.15, 0.2) is 0 Å². The molecular formula is C21H23FN2O2. The van der Waals surface area contributed by atoms with Gasteiger partial charge in [-0.3, -0.25) is 4.79 Å². The van der Waals surface area contributed by atoms with Gasteiger partial charge in [-0.1, -0.05) is 24.6 Å². The maximum absolute atomic E-state index is 13.0. The lowest BCUT2D eigenvalue weighted by Crippen LogP contribution is -2.21. The van der Waals surface area contributed by atoms with Crippen LogP contribution in [0.3, 0.4) is 0 Å². The number of aromatic amines is 1. The van der Waals surface area contributed by atoms with Gasteiger partial charge in [0, 0.05) is 10.9 Å². The third-order valence-electron chi connectivity index (χ3n) is 4.48. The molecule has 4 nitrogen and oxygen atoms in total. The molecule has 0 aliphatic carbocycles. The van der Waals surface area contributed by atoms with Gasteiger partial charge in [-0.05, 0) is 67.4 Å². The average Bonchev–Trinajstić information content (AvgIpc) is 3.02. The molecule has 0 atom stereocenters. The molecule has 1 aromatic heterocycles. The van der Waals surface area contributed by atoms with E-state index in [4.69, 9.17) is 5.11 Å². The van der Waals surface area contributed by atoms with Crippen molar-refractivity contribution in [2.45, 2.75) is 25.7 Å². The van der Waals surface area contributed by atoms with Crippen LogP contribution in [0, 0.1) is 5.82 Å². The highest BCUT2D eigenvalue weighted by molar-refractivity contribution is 5.93. The number of halogens is 1. The number of carboxylic acids is 1. The van der Waals surface area contributed by atoms with Crippen LogP contribution < -0.4 is 5.32 Å². The fraction of sp³-hybridized carbons (Fsp3) is 0.286. The fourth-order valence-electron chi connectivity index (χ4n) is 3.20. The Labute approximate surface area is 152 Å². The number of carboxylic acid groups (broad SMARTS) is 1. The first-order chi connectivity index (χ1) is 12.6. The number of carbonyl (C=O) groups is 1. The van der Waals surface area contributed by atoms with Crippen LogP contribution in [0.15, 0.2) is 48.5 Å². The van der Waals surface area contributed by atoms with Gasteiger partial charge in [-0.2, -0.15) is 0 Å². The Balaban J connectivity index is 0.000000278. The van der Waals surface area contributed by atoms with E-state index < -0.39 is 5.97 Å². The van der Waals surface area contributed by atoms with Crippen LogP contribution in [-0.4, -0.2) is 29.1 Å². The van der Waals surface area contributed by atoms with Crippen LogP contribution in [0.4, 0.5) is 4.39 Å². The number of hydrogen-bond acceptors (Lipinski definition) is 2. The maximum Gasteiger partial charge on any atom is 0.307 e. The lowest BCUT2D eigenvalue weighted by atomic mass is 10.0. The number of hydrogen-bond donors (Lipinski definition) is 3. The summed E-state index contributed by atoms with van der Waals surface area (Å²) in [4.78, 5) is 14.3. The third-order valence-corrected chi connectivity index (χ3v) is 4.48. The van der Waals surface area contributed by atoms with E-state index in [9.17, 15) is 9.18 Å². The van der Waals surface area contributed by atoms with E-state index in [1.54, 1.807) is 12.1 Å². The summed E-state index contributed by atoms with van der Waals surface area (Å²) in [5.41, 5.74) is 3.11. The number of benzene rings is 2. The minimum atomic E-state index is -0.891. The molecule has 0 spiro atoms. The summed E-state index contributed by atoms with van der Waals surface area (Å²) in [6.45, 7) is 2.50. The van der Waals surface area contributed by atoms with E-state index >= 15 is 0 Å². The lowest BCUT2D eigenvalue weighted by molar-refractivity contribution is -0.136. The molecule has 5 heteroatoms. The van der Waals surface area contributed by atoms with Gasteiger partial charge in [0.2, 0.25) is 0 Å². The molecular weight excluding hydrogens is 331 g/mol. The number of aromatic nitrogens is 1. The second-order valence-corrected chi connectivity index (χ2v) is 6.41. The highest BCUT2D eigenvalue weighted by Gasteiger charge is 2.15. The van der Waals surface area contributed by atoms with Crippen molar-refractivity contribution in [1.82, 2.24) is 10.3 Å². The van der Waals surface area contributed by atoms with Crippen molar-refractivity contribution in [1.29, 1.82) is 0 Å². The summed E-state index contributed by atoms with van der Waals surface area (Å²) >= 11 is 0. The van der Waals surface area contributed by atoms with Gasteiger partial charge in [-0.15, -0.1) is 0 Å². The molecule has 1 aliphatic rings. The van der Waals surface area contributed by atoms with Crippen LogP contribution >= 0.6 is 0 Å². The van der Waals surface area contributed by atoms with Crippen molar-refractivity contribution in [3.8, 4) is 11.3 Å². The molecule has 1 aliphatic heterocycles. The molecule has 26 heavy (non-hydrogen) atoms. The number of fused-ring (bicyclic) bond motifs is 1. The zero-order chi connectivity index (χ0) is 18.4. The molecule has 3 N–H and O–H groups in total. The van der Waals surface area contributed by atoms with Crippen LogP contribution in [-0.2, 0) is 11.2 Å². The van der Waals surface area contributed by atoms with E-state index in [2.05, 4.69) is 10.3 Å². The first kappa shape index (κ1) is 18.1. The molecule has 1 fully saturated rings. The Morgan fingerprint density at radius 1 is 1.00 bits per heavy atom. The predicted molar refractivity (Wildman–Crippen MR) is 102 cm³/mol. The lowest BCUT2D eigenvalue weighted by Gasteiger charge is -2.08. The van der Waals surface area contributed by atoms with Crippen LogP contribution in [0.1, 0.15) is 24.8 Å². The Bertz CT molecular complexity index is 856. The first-order valence-electron chi connectivity index (χ1n) is 8.93. The van der Waals surface area contributed by atoms with Gasteiger partial charge in [0.1, 0.15) is 5.82 Å². The number of piperidine rings is 1. The number of H-pyrrole nitrogens is 1. The smallest absolute Gasteiger partial charge is 0.307 e. The fourth-order valence-corrected chi connectivity index (χ4v) is 3.20. The van der Waals surface area contributed by atoms with Crippen molar-refractivity contribution in [2.75, 3.05) is 13.1 Å². The molecule has 136 valence electrons. The molecule has 1 saturated heterocycles. The van der Waals surface area contributed by atoms with Gasteiger partial charge >= 0.3 is 5.97 Å². The van der Waals surface area contributed by atoms with Crippen molar-refractivity contribution in [2.24, 2.45) is 0 Å². The second-order valence-electron chi connectivity index (χ2n) is 6.41. The van der Waals surface area contributed by atoms with E-state index in [1.807, 2.05) is 24.3 Å². The van der Waals surface area contributed by atoms with Crippen LogP contribution in [0.5, 0.6) is 0 Å². The molecule has 4 rings (SSSR count). The summed E-state index contributed by atoms with van der Waals surface area (Å²) in [6, 6.07) is 13.6. The topological polar surface area (TPSA) is 65.1 Å². The van der Waals surface area contributed by atoms with Gasteiger partial charge < -0.3 is 15.4 Å². The number of para-hydroxylation sites is 1. The number of aliphatic carboxylic acids is 1. The monoisotopic (exact) mass is 354 g/mol. The third kappa shape index (κ3) is 4.49. The summed E-state index contributed by atoms with van der Waals surface area (Å²) in [5, 5.41) is 13.3.